The van der Waals surface area contributed by atoms with E-state index in [1.54, 1.807) is 20.8 Å². The van der Waals surface area contributed by atoms with E-state index in [0.29, 0.717) is 23.5 Å². The first-order chi connectivity index (χ1) is 15.0. The van der Waals surface area contributed by atoms with Crippen molar-refractivity contribution >= 4 is 5.97 Å². The molecule has 0 aliphatic heterocycles. The fourth-order valence-corrected chi connectivity index (χ4v) is 3.49. The van der Waals surface area contributed by atoms with Crippen molar-refractivity contribution < 1.29 is 29.6 Å². The molecule has 0 amide bonds. The van der Waals surface area contributed by atoms with Crippen LogP contribution in [0.3, 0.4) is 0 Å². The van der Waals surface area contributed by atoms with Crippen LogP contribution in [0.25, 0.3) is 0 Å². The molecule has 0 aliphatic rings. The van der Waals surface area contributed by atoms with Gasteiger partial charge < -0.3 is 24.8 Å². The number of carboxylic acids is 1. The largest absolute Gasteiger partial charge is 0.491 e. The van der Waals surface area contributed by atoms with Crippen molar-refractivity contribution in [2.24, 2.45) is 0 Å². The molecular formula is C26H34O6. The van der Waals surface area contributed by atoms with Crippen LogP contribution in [0.2, 0.25) is 0 Å². The summed E-state index contributed by atoms with van der Waals surface area (Å²) in [5.74, 6) is 0.397. The van der Waals surface area contributed by atoms with Crippen LogP contribution in [0.5, 0.6) is 11.5 Å². The first kappa shape index (κ1) is 25.4. The van der Waals surface area contributed by atoms with E-state index in [-0.39, 0.29) is 13.2 Å². The number of ether oxygens (including phenoxy) is 2. The summed E-state index contributed by atoms with van der Waals surface area (Å²) < 4.78 is 11.2. The van der Waals surface area contributed by atoms with Gasteiger partial charge in [-0.05, 0) is 69.5 Å². The molecule has 6 nitrogen and oxygen atoms in total. The molecule has 0 radical (unpaired) electrons. The van der Waals surface area contributed by atoms with Crippen molar-refractivity contribution in [2.45, 2.75) is 58.7 Å². The number of hydrogen-bond acceptors (Lipinski definition) is 5. The molecule has 0 aromatic heterocycles. The lowest BCUT2D eigenvalue weighted by Gasteiger charge is -2.32. The van der Waals surface area contributed by atoms with E-state index >= 15 is 0 Å². The molecule has 0 heterocycles. The molecule has 6 heteroatoms. The minimum atomic E-state index is -0.923. The average molecular weight is 443 g/mol. The third-order valence-corrected chi connectivity index (χ3v) is 5.54. The Morgan fingerprint density at radius 3 is 1.53 bits per heavy atom. The second kappa shape index (κ2) is 11.2. The standard InChI is InChI=1S/C26H34O6/c1-17(20(4)25(29)30)14-26(5,21-6-10-23(11-7-21)31-15-18(2)27)22-8-12-24(13-9-22)32-16-19(3)28/h6-13,18-19,27-28H,14-16H2,1-5H3,(H,29,30). The summed E-state index contributed by atoms with van der Waals surface area (Å²) in [6.07, 6.45) is -0.588. The molecule has 2 rings (SSSR count). The molecule has 2 aromatic carbocycles. The van der Waals surface area contributed by atoms with Crippen molar-refractivity contribution in [3.63, 3.8) is 0 Å². The summed E-state index contributed by atoms with van der Waals surface area (Å²) >= 11 is 0. The minimum Gasteiger partial charge on any atom is -0.491 e. The Morgan fingerprint density at radius 2 is 1.22 bits per heavy atom. The number of aliphatic hydroxyl groups excluding tert-OH is 2. The summed E-state index contributed by atoms with van der Waals surface area (Å²) in [6.45, 7) is 9.32. The van der Waals surface area contributed by atoms with Crippen molar-refractivity contribution in [1.82, 2.24) is 0 Å². The highest BCUT2D eigenvalue weighted by molar-refractivity contribution is 5.86. The van der Waals surface area contributed by atoms with Gasteiger partial charge in [-0.25, -0.2) is 4.79 Å². The maximum Gasteiger partial charge on any atom is 0.331 e. The Morgan fingerprint density at radius 1 is 0.844 bits per heavy atom. The molecule has 0 saturated heterocycles. The van der Waals surface area contributed by atoms with Crippen molar-refractivity contribution in [1.29, 1.82) is 0 Å². The number of aliphatic carboxylic acids is 1. The summed E-state index contributed by atoms with van der Waals surface area (Å²) in [6, 6.07) is 15.3. The predicted molar refractivity (Wildman–Crippen MR) is 124 cm³/mol. The number of benzene rings is 2. The van der Waals surface area contributed by atoms with Gasteiger partial charge in [0.05, 0.1) is 12.2 Å². The third-order valence-electron chi connectivity index (χ3n) is 5.54. The number of hydrogen-bond donors (Lipinski definition) is 3. The fraction of sp³-hybridized carbons (Fsp3) is 0.423. The van der Waals surface area contributed by atoms with Crippen LogP contribution in [-0.4, -0.2) is 46.7 Å². The monoisotopic (exact) mass is 442 g/mol. The summed E-state index contributed by atoms with van der Waals surface area (Å²) in [5, 5.41) is 28.3. The molecule has 0 bridgehead atoms. The fourth-order valence-electron chi connectivity index (χ4n) is 3.49. The predicted octanol–water partition coefficient (Wildman–Crippen LogP) is 4.32. The highest BCUT2D eigenvalue weighted by Gasteiger charge is 2.30. The van der Waals surface area contributed by atoms with Gasteiger partial charge in [-0.1, -0.05) is 36.8 Å². The first-order valence-corrected chi connectivity index (χ1v) is 10.8. The highest BCUT2D eigenvalue weighted by atomic mass is 16.5. The summed E-state index contributed by atoms with van der Waals surface area (Å²) in [4.78, 5) is 11.5. The zero-order chi connectivity index (χ0) is 23.9. The number of carbonyl (C=O) groups is 1. The highest BCUT2D eigenvalue weighted by Crippen LogP contribution is 2.39. The van der Waals surface area contributed by atoms with Crippen LogP contribution in [0.15, 0.2) is 59.7 Å². The zero-order valence-corrected chi connectivity index (χ0v) is 19.5. The lowest BCUT2D eigenvalue weighted by Crippen LogP contribution is -2.25. The van der Waals surface area contributed by atoms with E-state index in [9.17, 15) is 20.1 Å². The van der Waals surface area contributed by atoms with Gasteiger partial charge >= 0.3 is 5.97 Å². The summed E-state index contributed by atoms with van der Waals surface area (Å²) in [7, 11) is 0. The molecule has 0 spiro atoms. The SMILES string of the molecule is CC(CC(C)(c1ccc(OCC(C)O)cc1)c1ccc(OCC(C)O)cc1)=C(C)C(=O)O. The third kappa shape index (κ3) is 6.84. The number of rotatable bonds is 11. The number of allylic oxidation sites excluding steroid dienone is 1. The molecule has 174 valence electrons. The van der Waals surface area contributed by atoms with Gasteiger partial charge in [-0.3, -0.25) is 0 Å². The lowest BCUT2D eigenvalue weighted by molar-refractivity contribution is -0.132. The van der Waals surface area contributed by atoms with E-state index in [2.05, 4.69) is 6.92 Å². The van der Waals surface area contributed by atoms with Crippen molar-refractivity contribution in [3.8, 4) is 11.5 Å². The van der Waals surface area contributed by atoms with Crippen molar-refractivity contribution in [2.75, 3.05) is 13.2 Å². The maximum absolute atomic E-state index is 11.5. The van der Waals surface area contributed by atoms with Crippen LogP contribution in [-0.2, 0) is 10.2 Å². The van der Waals surface area contributed by atoms with Crippen LogP contribution in [0.4, 0.5) is 0 Å². The lowest BCUT2D eigenvalue weighted by atomic mass is 9.71. The van der Waals surface area contributed by atoms with Gasteiger partial charge in [-0.15, -0.1) is 0 Å². The maximum atomic E-state index is 11.5. The Labute approximate surface area is 190 Å². The molecule has 0 aliphatic carbocycles. The van der Waals surface area contributed by atoms with E-state index in [1.165, 1.54) is 0 Å². The molecule has 0 saturated carbocycles. The average Bonchev–Trinajstić information content (AvgIpc) is 2.76. The quantitative estimate of drug-likeness (QED) is 0.449. The van der Waals surface area contributed by atoms with Gasteiger partial charge in [0.1, 0.15) is 24.7 Å². The Balaban J connectivity index is 2.41. The van der Waals surface area contributed by atoms with Gasteiger partial charge in [-0.2, -0.15) is 0 Å². The van der Waals surface area contributed by atoms with Crippen LogP contribution in [0, 0.1) is 0 Å². The van der Waals surface area contributed by atoms with Gasteiger partial charge in [0.25, 0.3) is 0 Å². The van der Waals surface area contributed by atoms with Crippen LogP contribution < -0.4 is 9.47 Å². The van der Waals surface area contributed by atoms with E-state index in [4.69, 9.17) is 9.47 Å². The van der Waals surface area contributed by atoms with Crippen LogP contribution in [0.1, 0.15) is 52.2 Å². The minimum absolute atomic E-state index is 0.212. The molecule has 0 fully saturated rings. The molecule has 2 aromatic rings. The van der Waals surface area contributed by atoms with Crippen molar-refractivity contribution in [3.05, 3.63) is 70.8 Å². The van der Waals surface area contributed by atoms with Crippen LogP contribution >= 0.6 is 0 Å². The Bertz CT molecular complexity index is 855. The Hall–Kier alpha value is -2.83. The first-order valence-electron chi connectivity index (χ1n) is 10.8. The second-order valence-electron chi connectivity index (χ2n) is 8.59. The van der Waals surface area contributed by atoms with E-state index < -0.39 is 23.6 Å². The molecule has 32 heavy (non-hydrogen) atoms. The number of carboxylic acid groups (broad SMARTS) is 1. The molecule has 2 unspecified atom stereocenters. The van der Waals surface area contributed by atoms with Gasteiger partial charge in [0.2, 0.25) is 0 Å². The smallest absolute Gasteiger partial charge is 0.331 e. The summed E-state index contributed by atoms with van der Waals surface area (Å²) in [5.41, 5.74) is 2.66. The van der Waals surface area contributed by atoms with Gasteiger partial charge in [0, 0.05) is 11.0 Å². The zero-order valence-electron chi connectivity index (χ0n) is 19.5. The topological polar surface area (TPSA) is 96.2 Å². The molecular weight excluding hydrogens is 408 g/mol. The number of aliphatic hydroxyl groups is 2. The van der Waals surface area contributed by atoms with E-state index in [0.717, 1.165) is 16.7 Å². The second-order valence-corrected chi connectivity index (χ2v) is 8.59. The molecule has 3 N–H and O–H groups in total. The van der Waals surface area contributed by atoms with Gasteiger partial charge in [0.15, 0.2) is 0 Å². The normalized spacial score (nSPS) is 15.8. The Kier molecular flexibility index (Phi) is 8.87. The van der Waals surface area contributed by atoms with E-state index in [1.807, 2.05) is 55.5 Å². The molecule has 2 atom stereocenters.